The fraction of sp³-hybridized carbons (Fsp3) is 0.857. The molecular formula is C14H25N3O2S. The standard InChI is InChI=1S/C14H25N3O2S/c1-11-4-6-17(7-5-11)13(18)10-20-14(15)16-9-12-3-2-8-19-12/h11-12H,2-10H2,1H3,(H2,15,16). The molecule has 2 saturated heterocycles. The van der Waals surface area contributed by atoms with Crippen LogP contribution in [0.25, 0.3) is 0 Å². The minimum atomic E-state index is 0.178. The van der Waals surface area contributed by atoms with Gasteiger partial charge in [-0.15, -0.1) is 0 Å². The molecule has 2 fully saturated rings. The third-order valence-corrected chi connectivity index (χ3v) is 4.77. The molecular weight excluding hydrogens is 274 g/mol. The molecule has 2 N–H and O–H groups in total. The number of amidine groups is 1. The van der Waals surface area contributed by atoms with Crippen LogP contribution in [-0.2, 0) is 9.53 Å². The van der Waals surface area contributed by atoms with Gasteiger partial charge in [-0.2, -0.15) is 0 Å². The van der Waals surface area contributed by atoms with Crippen molar-refractivity contribution in [2.75, 3.05) is 32.0 Å². The Kier molecular flexibility index (Phi) is 6.16. The van der Waals surface area contributed by atoms with E-state index >= 15 is 0 Å². The van der Waals surface area contributed by atoms with E-state index in [-0.39, 0.29) is 12.0 Å². The Balaban J connectivity index is 1.65. The number of rotatable bonds is 4. The Morgan fingerprint density at radius 2 is 2.15 bits per heavy atom. The van der Waals surface area contributed by atoms with E-state index in [1.54, 1.807) is 0 Å². The molecule has 6 heteroatoms. The third-order valence-electron chi connectivity index (χ3n) is 3.95. The van der Waals surface area contributed by atoms with Crippen molar-refractivity contribution in [1.29, 1.82) is 0 Å². The maximum Gasteiger partial charge on any atom is 0.233 e. The molecule has 0 aliphatic carbocycles. The Morgan fingerprint density at radius 1 is 1.40 bits per heavy atom. The molecule has 2 aliphatic heterocycles. The van der Waals surface area contributed by atoms with Crippen LogP contribution in [0, 0.1) is 5.92 Å². The molecule has 2 heterocycles. The van der Waals surface area contributed by atoms with E-state index in [9.17, 15) is 4.79 Å². The average Bonchev–Trinajstić information content (AvgIpc) is 2.96. The number of hydrogen-bond acceptors (Lipinski definition) is 4. The van der Waals surface area contributed by atoms with Gasteiger partial charge in [0.05, 0.1) is 18.4 Å². The lowest BCUT2D eigenvalue weighted by atomic mass is 9.99. The van der Waals surface area contributed by atoms with Crippen LogP contribution in [-0.4, -0.2) is 54.1 Å². The summed E-state index contributed by atoms with van der Waals surface area (Å²) in [5.41, 5.74) is 5.84. The molecule has 2 rings (SSSR count). The number of amides is 1. The van der Waals surface area contributed by atoms with E-state index < -0.39 is 0 Å². The van der Waals surface area contributed by atoms with Crippen LogP contribution in [0.15, 0.2) is 4.99 Å². The Morgan fingerprint density at radius 3 is 2.80 bits per heavy atom. The molecule has 1 amide bonds. The van der Waals surface area contributed by atoms with E-state index in [1.165, 1.54) is 11.8 Å². The smallest absolute Gasteiger partial charge is 0.233 e. The normalized spacial score (nSPS) is 25.1. The number of hydrogen-bond donors (Lipinski definition) is 1. The monoisotopic (exact) mass is 299 g/mol. The summed E-state index contributed by atoms with van der Waals surface area (Å²) in [7, 11) is 0. The number of nitrogens with two attached hydrogens (primary N) is 1. The zero-order valence-corrected chi connectivity index (χ0v) is 13.0. The molecule has 0 radical (unpaired) electrons. The van der Waals surface area contributed by atoms with Crippen molar-refractivity contribution in [2.45, 2.75) is 38.7 Å². The number of carbonyl (C=O) groups is 1. The largest absolute Gasteiger partial charge is 0.379 e. The van der Waals surface area contributed by atoms with Crippen LogP contribution in [0.1, 0.15) is 32.6 Å². The quantitative estimate of drug-likeness (QED) is 0.630. The van der Waals surface area contributed by atoms with Gasteiger partial charge < -0.3 is 15.4 Å². The summed E-state index contributed by atoms with van der Waals surface area (Å²) in [6.07, 6.45) is 4.61. The van der Waals surface area contributed by atoms with Gasteiger partial charge in [0.2, 0.25) is 5.91 Å². The molecule has 0 saturated carbocycles. The molecule has 0 aromatic heterocycles. The Bertz CT molecular complexity index is 348. The summed E-state index contributed by atoms with van der Waals surface area (Å²) in [6.45, 7) is 5.46. The van der Waals surface area contributed by atoms with Gasteiger partial charge in [-0.25, -0.2) is 0 Å². The van der Waals surface area contributed by atoms with Crippen molar-refractivity contribution in [2.24, 2.45) is 16.6 Å². The summed E-state index contributed by atoms with van der Waals surface area (Å²) in [5.74, 6) is 1.32. The lowest BCUT2D eigenvalue weighted by molar-refractivity contribution is -0.129. The van der Waals surface area contributed by atoms with Crippen LogP contribution in [0.5, 0.6) is 0 Å². The number of ether oxygens (including phenoxy) is 1. The lowest BCUT2D eigenvalue weighted by Gasteiger charge is -2.30. The van der Waals surface area contributed by atoms with Crippen LogP contribution in [0.3, 0.4) is 0 Å². The molecule has 5 nitrogen and oxygen atoms in total. The maximum atomic E-state index is 12.0. The molecule has 2 aliphatic rings. The number of carbonyl (C=O) groups excluding carboxylic acids is 1. The van der Waals surface area contributed by atoms with Crippen LogP contribution < -0.4 is 5.73 Å². The lowest BCUT2D eigenvalue weighted by Crippen LogP contribution is -2.39. The SMILES string of the molecule is CC1CCN(C(=O)CSC(N)=NCC2CCCO2)CC1. The molecule has 114 valence electrons. The first kappa shape index (κ1) is 15.6. The van der Waals surface area contributed by atoms with Gasteiger partial charge in [-0.05, 0) is 31.6 Å². The fourth-order valence-electron chi connectivity index (χ4n) is 2.51. The fourth-order valence-corrected chi connectivity index (χ4v) is 3.13. The van der Waals surface area contributed by atoms with Gasteiger partial charge >= 0.3 is 0 Å². The number of aliphatic imine (C=N–C) groups is 1. The second kappa shape index (κ2) is 7.88. The van der Waals surface area contributed by atoms with Crippen molar-refractivity contribution in [3.8, 4) is 0 Å². The van der Waals surface area contributed by atoms with E-state index in [0.717, 1.165) is 51.3 Å². The van der Waals surface area contributed by atoms with Gasteiger partial charge in [0.25, 0.3) is 0 Å². The van der Waals surface area contributed by atoms with E-state index in [2.05, 4.69) is 11.9 Å². The highest BCUT2D eigenvalue weighted by Crippen LogP contribution is 2.17. The molecule has 1 unspecified atom stereocenters. The molecule has 0 bridgehead atoms. The zero-order chi connectivity index (χ0) is 14.4. The highest BCUT2D eigenvalue weighted by molar-refractivity contribution is 8.14. The Labute approximate surface area is 125 Å². The highest BCUT2D eigenvalue weighted by atomic mass is 32.2. The first-order valence-corrected chi connectivity index (χ1v) is 8.46. The minimum Gasteiger partial charge on any atom is -0.379 e. The summed E-state index contributed by atoms with van der Waals surface area (Å²) in [4.78, 5) is 18.3. The van der Waals surface area contributed by atoms with Gasteiger partial charge in [-0.3, -0.25) is 9.79 Å². The first-order valence-electron chi connectivity index (χ1n) is 7.47. The average molecular weight is 299 g/mol. The van der Waals surface area contributed by atoms with E-state index in [1.807, 2.05) is 4.90 Å². The molecule has 0 aromatic rings. The van der Waals surface area contributed by atoms with Crippen molar-refractivity contribution < 1.29 is 9.53 Å². The summed E-state index contributed by atoms with van der Waals surface area (Å²) in [6, 6.07) is 0. The number of piperidine rings is 1. The molecule has 0 aromatic carbocycles. The highest BCUT2D eigenvalue weighted by Gasteiger charge is 2.20. The molecule has 1 atom stereocenters. The molecule has 20 heavy (non-hydrogen) atoms. The molecule has 0 spiro atoms. The predicted octanol–water partition coefficient (Wildman–Crippen LogP) is 1.47. The van der Waals surface area contributed by atoms with Gasteiger partial charge in [0.1, 0.15) is 0 Å². The second-order valence-electron chi connectivity index (χ2n) is 5.67. The number of thioether (sulfide) groups is 1. The van der Waals surface area contributed by atoms with E-state index in [0.29, 0.717) is 17.5 Å². The van der Waals surface area contributed by atoms with Crippen molar-refractivity contribution in [3.05, 3.63) is 0 Å². The minimum absolute atomic E-state index is 0.178. The van der Waals surface area contributed by atoms with E-state index in [4.69, 9.17) is 10.5 Å². The van der Waals surface area contributed by atoms with Crippen molar-refractivity contribution >= 4 is 22.8 Å². The first-order chi connectivity index (χ1) is 9.65. The summed E-state index contributed by atoms with van der Waals surface area (Å²) >= 11 is 1.34. The topological polar surface area (TPSA) is 67.9 Å². The van der Waals surface area contributed by atoms with Crippen molar-refractivity contribution in [3.63, 3.8) is 0 Å². The van der Waals surface area contributed by atoms with Crippen molar-refractivity contribution in [1.82, 2.24) is 4.90 Å². The Hall–Kier alpha value is -0.750. The summed E-state index contributed by atoms with van der Waals surface area (Å²) in [5, 5.41) is 0.499. The second-order valence-corrected chi connectivity index (χ2v) is 6.66. The number of likely N-dealkylation sites (tertiary alicyclic amines) is 1. The third kappa shape index (κ3) is 4.98. The van der Waals surface area contributed by atoms with Gasteiger partial charge in [0.15, 0.2) is 5.17 Å². The summed E-state index contributed by atoms with van der Waals surface area (Å²) < 4.78 is 5.49. The van der Waals surface area contributed by atoms with Crippen LogP contribution in [0.2, 0.25) is 0 Å². The maximum absolute atomic E-state index is 12.0. The van der Waals surface area contributed by atoms with Gasteiger partial charge in [0, 0.05) is 19.7 Å². The number of nitrogens with zero attached hydrogens (tertiary/aromatic N) is 2. The van der Waals surface area contributed by atoms with Gasteiger partial charge in [-0.1, -0.05) is 18.7 Å². The van der Waals surface area contributed by atoms with Crippen LogP contribution in [0.4, 0.5) is 0 Å². The zero-order valence-electron chi connectivity index (χ0n) is 12.2. The predicted molar refractivity (Wildman–Crippen MR) is 82.9 cm³/mol. The van der Waals surface area contributed by atoms with Crippen LogP contribution >= 0.6 is 11.8 Å².